The summed E-state index contributed by atoms with van der Waals surface area (Å²) in [5.74, 6) is 0.806. The van der Waals surface area contributed by atoms with Gasteiger partial charge in [0.1, 0.15) is 0 Å². The first kappa shape index (κ1) is 15.4. The second kappa shape index (κ2) is 6.04. The smallest absolute Gasteiger partial charge is 0.151 e. The molecule has 1 aliphatic rings. The molecule has 0 amide bonds. The van der Waals surface area contributed by atoms with E-state index in [0.717, 1.165) is 29.9 Å². The number of benzene rings is 2. The molecule has 0 atom stereocenters. The lowest BCUT2D eigenvalue weighted by Gasteiger charge is -2.39. The van der Waals surface area contributed by atoms with Gasteiger partial charge >= 0.3 is 0 Å². The van der Waals surface area contributed by atoms with E-state index in [1.807, 2.05) is 24.3 Å². The molecular formula is C19H18ClN3O. The molecule has 0 saturated carbocycles. The molecule has 4 rings (SSSR count). The monoisotopic (exact) mass is 339 g/mol. The highest BCUT2D eigenvalue weighted by atomic mass is 35.5. The summed E-state index contributed by atoms with van der Waals surface area (Å²) >= 11 is 5.79. The maximum Gasteiger partial charge on any atom is 0.151 e. The first-order valence-corrected chi connectivity index (χ1v) is 8.48. The molecule has 24 heavy (non-hydrogen) atoms. The summed E-state index contributed by atoms with van der Waals surface area (Å²) in [6.45, 7) is 1.47. The highest BCUT2D eigenvalue weighted by molar-refractivity contribution is 6.29. The Morgan fingerprint density at radius 2 is 1.67 bits per heavy atom. The summed E-state index contributed by atoms with van der Waals surface area (Å²) < 4.78 is 0. The Hall–Kier alpha value is -2.17. The van der Waals surface area contributed by atoms with Crippen LogP contribution in [-0.2, 0) is 5.60 Å². The van der Waals surface area contributed by atoms with Gasteiger partial charge in [-0.3, -0.25) is 0 Å². The van der Waals surface area contributed by atoms with Crippen molar-refractivity contribution in [1.82, 2.24) is 10.2 Å². The zero-order chi connectivity index (χ0) is 16.6. The van der Waals surface area contributed by atoms with Crippen LogP contribution in [0.25, 0.3) is 10.8 Å². The Bertz CT molecular complexity index is 858. The Morgan fingerprint density at radius 1 is 0.917 bits per heavy atom. The number of hydrogen-bond donors (Lipinski definition) is 1. The van der Waals surface area contributed by atoms with E-state index in [1.54, 1.807) is 6.07 Å². The minimum absolute atomic E-state index is 0.392. The van der Waals surface area contributed by atoms with Crippen molar-refractivity contribution in [2.45, 2.75) is 18.4 Å². The first-order chi connectivity index (χ1) is 11.6. The van der Waals surface area contributed by atoms with Crippen LogP contribution in [0.2, 0.25) is 5.15 Å². The fourth-order valence-corrected chi connectivity index (χ4v) is 3.45. The third-order valence-electron chi connectivity index (χ3n) is 4.82. The van der Waals surface area contributed by atoms with Gasteiger partial charge in [0.15, 0.2) is 11.0 Å². The van der Waals surface area contributed by atoms with Crippen LogP contribution in [0.4, 0.5) is 5.82 Å². The summed E-state index contributed by atoms with van der Waals surface area (Å²) in [7, 11) is 0. The van der Waals surface area contributed by atoms with Crippen LogP contribution < -0.4 is 4.90 Å². The van der Waals surface area contributed by atoms with E-state index >= 15 is 0 Å². The molecule has 5 heteroatoms. The quantitative estimate of drug-likeness (QED) is 0.772. The van der Waals surface area contributed by atoms with Crippen molar-refractivity contribution in [2.75, 3.05) is 18.0 Å². The Balaban J connectivity index is 1.55. The minimum Gasteiger partial charge on any atom is -0.385 e. The molecule has 0 spiro atoms. The maximum atomic E-state index is 11.1. The average Bonchev–Trinajstić information content (AvgIpc) is 2.63. The van der Waals surface area contributed by atoms with Gasteiger partial charge in [-0.15, -0.1) is 10.2 Å². The van der Waals surface area contributed by atoms with E-state index in [0.29, 0.717) is 18.0 Å². The molecule has 1 aliphatic heterocycles. The second-order valence-corrected chi connectivity index (χ2v) is 6.68. The van der Waals surface area contributed by atoms with E-state index in [2.05, 4.69) is 39.4 Å². The topological polar surface area (TPSA) is 49.2 Å². The minimum atomic E-state index is -0.791. The molecule has 1 aromatic heterocycles. The van der Waals surface area contributed by atoms with Gasteiger partial charge in [0.05, 0.1) is 5.60 Å². The van der Waals surface area contributed by atoms with Gasteiger partial charge in [-0.1, -0.05) is 48.0 Å². The van der Waals surface area contributed by atoms with Crippen LogP contribution in [0, 0.1) is 0 Å². The summed E-state index contributed by atoms with van der Waals surface area (Å²) in [4.78, 5) is 2.14. The molecule has 2 aromatic carbocycles. The van der Waals surface area contributed by atoms with E-state index in [-0.39, 0.29) is 0 Å². The molecule has 0 radical (unpaired) electrons. The van der Waals surface area contributed by atoms with Crippen LogP contribution in [0.5, 0.6) is 0 Å². The molecule has 0 aliphatic carbocycles. The first-order valence-electron chi connectivity index (χ1n) is 8.10. The molecule has 0 unspecified atom stereocenters. The third-order valence-corrected chi connectivity index (χ3v) is 5.02. The normalized spacial score (nSPS) is 17.2. The van der Waals surface area contributed by atoms with Gasteiger partial charge in [-0.2, -0.15) is 0 Å². The predicted octanol–water partition coefficient (Wildman–Crippen LogP) is 3.77. The number of nitrogens with zero attached hydrogens (tertiary/aromatic N) is 3. The van der Waals surface area contributed by atoms with Crippen LogP contribution in [0.1, 0.15) is 18.4 Å². The number of aromatic nitrogens is 2. The Morgan fingerprint density at radius 3 is 2.38 bits per heavy atom. The zero-order valence-corrected chi connectivity index (χ0v) is 13.9. The van der Waals surface area contributed by atoms with Gasteiger partial charge in [0.2, 0.25) is 0 Å². The van der Waals surface area contributed by atoms with E-state index in [4.69, 9.17) is 11.6 Å². The number of fused-ring (bicyclic) bond motifs is 1. The maximum absolute atomic E-state index is 11.1. The Kier molecular flexibility index (Phi) is 3.87. The van der Waals surface area contributed by atoms with Crippen molar-refractivity contribution < 1.29 is 5.11 Å². The fourth-order valence-electron chi connectivity index (χ4n) is 3.35. The average molecular weight is 340 g/mol. The van der Waals surface area contributed by atoms with Gasteiger partial charge < -0.3 is 10.0 Å². The van der Waals surface area contributed by atoms with Gasteiger partial charge in [-0.25, -0.2) is 0 Å². The van der Waals surface area contributed by atoms with E-state index < -0.39 is 5.60 Å². The summed E-state index contributed by atoms with van der Waals surface area (Å²) in [5.41, 5.74) is 0.198. The SMILES string of the molecule is OC1(c2ccc3ccccc3c2)CCN(c2ccc(Cl)nn2)CC1. The van der Waals surface area contributed by atoms with Crippen molar-refractivity contribution in [3.63, 3.8) is 0 Å². The van der Waals surface area contributed by atoms with Crippen LogP contribution in [0.3, 0.4) is 0 Å². The van der Waals surface area contributed by atoms with Gasteiger partial charge in [0, 0.05) is 13.1 Å². The molecule has 122 valence electrons. The summed E-state index contributed by atoms with van der Waals surface area (Å²) in [5, 5.41) is 21.9. The predicted molar refractivity (Wildman–Crippen MR) is 96.3 cm³/mol. The summed E-state index contributed by atoms with van der Waals surface area (Å²) in [6, 6.07) is 18.1. The van der Waals surface area contributed by atoms with E-state index in [1.165, 1.54) is 5.39 Å². The van der Waals surface area contributed by atoms with Crippen molar-refractivity contribution in [3.8, 4) is 0 Å². The summed E-state index contributed by atoms with van der Waals surface area (Å²) in [6.07, 6.45) is 1.32. The second-order valence-electron chi connectivity index (χ2n) is 6.29. The number of piperidine rings is 1. The fraction of sp³-hybridized carbons (Fsp3) is 0.263. The zero-order valence-electron chi connectivity index (χ0n) is 13.2. The Labute approximate surface area is 145 Å². The number of anilines is 1. The standard InChI is InChI=1S/C19H18ClN3O/c20-17-7-8-18(22-21-17)23-11-9-19(24,10-12-23)16-6-5-14-3-1-2-4-15(14)13-16/h1-8,13,24H,9-12H2. The molecule has 1 fully saturated rings. The van der Waals surface area contributed by atoms with Gasteiger partial charge in [-0.05, 0) is 47.4 Å². The number of hydrogen-bond acceptors (Lipinski definition) is 4. The van der Waals surface area contributed by atoms with Crippen molar-refractivity contribution in [1.29, 1.82) is 0 Å². The van der Waals surface area contributed by atoms with Crippen molar-refractivity contribution in [3.05, 3.63) is 65.3 Å². The molecule has 2 heterocycles. The molecule has 1 saturated heterocycles. The lowest BCUT2D eigenvalue weighted by atomic mass is 9.83. The lowest BCUT2D eigenvalue weighted by molar-refractivity contribution is 0.0117. The van der Waals surface area contributed by atoms with Gasteiger partial charge in [0.25, 0.3) is 0 Å². The molecular weight excluding hydrogens is 322 g/mol. The van der Waals surface area contributed by atoms with Crippen LogP contribution in [-0.4, -0.2) is 28.4 Å². The van der Waals surface area contributed by atoms with Crippen molar-refractivity contribution in [2.24, 2.45) is 0 Å². The molecule has 1 N–H and O–H groups in total. The number of aliphatic hydroxyl groups is 1. The van der Waals surface area contributed by atoms with Crippen LogP contribution in [0.15, 0.2) is 54.6 Å². The molecule has 4 nitrogen and oxygen atoms in total. The van der Waals surface area contributed by atoms with Crippen LogP contribution >= 0.6 is 11.6 Å². The number of rotatable bonds is 2. The molecule has 0 bridgehead atoms. The highest BCUT2D eigenvalue weighted by Crippen LogP contribution is 2.35. The molecule has 3 aromatic rings. The number of halogens is 1. The third kappa shape index (κ3) is 2.83. The lowest BCUT2D eigenvalue weighted by Crippen LogP contribution is -2.43. The highest BCUT2D eigenvalue weighted by Gasteiger charge is 2.34. The van der Waals surface area contributed by atoms with Crippen molar-refractivity contribution >= 4 is 28.2 Å². The van der Waals surface area contributed by atoms with E-state index in [9.17, 15) is 5.11 Å². The largest absolute Gasteiger partial charge is 0.385 e.